The van der Waals surface area contributed by atoms with Gasteiger partial charge in [0.25, 0.3) is 0 Å². The molecule has 0 fully saturated rings. The fourth-order valence-electron chi connectivity index (χ4n) is 0.556. The van der Waals surface area contributed by atoms with Gasteiger partial charge in [0.1, 0.15) is 0 Å². The molecule has 0 atom stereocenters. The number of rotatable bonds is 5. The highest BCUT2D eigenvalue weighted by Crippen LogP contribution is 2.35. The van der Waals surface area contributed by atoms with Crippen molar-refractivity contribution >= 4 is 21.6 Å². The lowest BCUT2D eigenvalue weighted by molar-refractivity contribution is 0.809. The zero-order valence-corrected chi connectivity index (χ0v) is 9.49. The molecule has 0 aromatic rings. The molecule has 0 rings (SSSR count). The fourth-order valence-corrected chi connectivity index (χ4v) is 2.98. The first kappa shape index (κ1) is 11.7. The molecule has 2 heteroatoms. The molecular weight excluding hydrogens is 172 g/mol. The van der Waals surface area contributed by atoms with E-state index < -0.39 is 0 Å². The van der Waals surface area contributed by atoms with Crippen LogP contribution in [0.3, 0.4) is 0 Å². The maximum Gasteiger partial charge on any atom is 0.0179 e. The van der Waals surface area contributed by atoms with Crippen LogP contribution in [0, 0.1) is 6.92 Å². The third-order valence-electron chi connectivity index (χ3n) is 1.04. The Bertz CT molecular complexity index is 84.1. The molecule has 0 aliphatic rings. The van der Waals surface area contributed by atoms with E-state index in [0.29, 0.717) is 4.75 Å². The highest BCUT2D eigenvalue weighted by Gasteiger charge is 2.09. The van der Waals surface area contributed by atoms with Crippen molar-refractivity contribution in [1.82, 2.24) is 0 Å². The van der Waals surface area contributed by atoms with Crippen LogP contribution in [0.25, 0.3) is 0 Å². The quantitative estimate of drug-likeness (QED) is 0.472. The second kappa shape index (κ2) is 6.24. The van der Waals surface area contributed by atoms with E-state index in [1.54, 1.807) is 0 Å². The molecule has 0 unspecified atom stereocenters. The Morgan fingerprint density at radius 3 is 2.27 bits per heavy atom. The third kappa shape index (κ3) is 10.7. The van der Waals surface area contributed by atoms with Crippen LogP contribution in [0.15, 0.2) is 0 Å². The van der Waals surface area contributed by atoms with Crippen LogP contribution in [0.4, 0.5) is 0 Å². The highest BCUT2D eigenvalue weighted by molar-refractivity contribution is 8.77. The summed E-state index contributed by atoms with van der Waals surface area (Å²) in [5.41, 5.74) is 0. The van der Waals surface area contributed by atoms with Crippen molar-refractivity contribution in [3.05, 3.63) is 6.92 Å². The van der Waals surface area contributed by atoms with Crippen molar-refractivity contribution in [2.24, 2.45) is 0 Å². The largest absolute Gasteiger partial charge is 0.0936 e. The number of unbranched alkanes of at least 4 members (excludes halogenated alkanes) is 2. The van der Waals surface area contributed by atoms with Crippen molar-refractivity contribution in [2.75, 3.05) is 5.75 Å². The Kier molecular flexibility index (Phi) is 6.64. The monoisotopic (exact) mass is 191 g/mol. The average molecular weight is 191 g/mol. The minimum absolute atomic E-state index is 0.412. The normalized spacial score (nSPS) is 12.0. The summed E-state index contributed by atoms with van der Waals surface area (Å²) in [6, 6.07) is 0. The van der Waals surface area contributed by atoms with E-state index in [9.17, 15) is 0 Å². The van der Waals surface area contributed by atoms with E-state index in [1.807, 2.05) is 21.6 Å². The van der Waals surface area contributed by atoms with Crippen molar-refractivity contribution in [2.45, 2.75) is 44.8 Å². The van der Waals surface area contributed by atoms with E-state index in [2.05, 4.69) is 27.7 Å². The lowest BCUT2D eigenvalue weighted by Crippen LogP contribution is -2.04. The van der Waals surface area contributed by atoms with Gasteiger partial charge >= 0.3 is 0 Å². The number of hydrogen-bond acceptors (Lipinski definition) is 2. The molecule has 0 N–H and O–H groups in total. The van der Waals surface area contributed by atoms with Gasteiger partial charge in [0, 0.05) is 10.5 Å². The first-order valence-corrected chi connectivity index (χ1v) is 6.48. The van der Waals surface area contributed by atoms with Crippen LogP contribution < -0.4 is 0 Å². The molecule has 0 aromatic carbocycles. The summed E-state index contributed by atoms with van der Waals surface area (Å²) in [4.78, 5) is 0. The topological polar surface area (TPSA) is 0 Å². The summed E-state index contributed by atoms with van der Waals surface area (Å²) in [7, 11) is 3.97. The molecule has 0 spiro atoms. The summed E-state index contributed by atoms with van der Waals surface area (Å²) in [6.45, 7) is 10.6. The van der Waals surface area contributed by atoms with E-state index in [1.165, 1.54) is 18.6 Å². The molecule has 11 heavy (non-hydrogen) atoms. The number of hydrogen-bond donors (Lipinski definition) is 0. The lowest BCUT2D eigenvalue weighted by Gasteiger charge is -2.15. The molecule has 0 saturated heterocycles. The molecule has 0 saturated carbocycles. The Morgan fingerprint density at radius 1 is 1.18 bits per heavy atom. The molecule has 0 heterocycles. The smallest absolute Gasteiger partial charge is 0.0179 e. The van der Waals surface area contributed by atoms with E-state index in [4.69, 9.17) is 0 Å². The Balaban J connectivity index is 3.02. The van der Waals surface area contributed by atoms with Crippen molar-refractivity contribution < 1.29 is 0 Å². The summed E-state index contributed by atoms with van der Waals surface area (Å²) in [5.74, 6) is 1.28. The molecule has 0 aliphatic carbocycles. The van der Waals surface area contributed by atoms with Gasteiger partial charge in [0.05, 0.1) is 0 Å². The Morgan fingerprint density at radius 2 is 1.82 bits per heavy atom. The van der Waals surface area contributed by atoms with Gasteiger partial charge in [-0.05, 0) is 6.42 Å². The molecule has 1 radical (unpaired) electrons. The molecular formula is C9H19S2. The summed E-state index contributed by atoms with van der Waals surface area (Å²) < 4.78 is 0.412. The SMILES string of the molecule is [CH2]CCCCSSC(C)(C)C. The minimum atomic E-state index is 0.412. The first-order valence-electron chi connectivity index (χ1n) is 4.16. The second-order valence-electron chi connectivity index (χ2n) is 3.58. The van der Waals surface area contributed by atoms with Gasteiger partial charge < -0.3 is 0 Å². The Labute approximate surface area is 79.3 Å². The van der Waals surface area contributed by atoms with Crippen LogP contribution in [-0.4, -0.2) is 10.5 Å². The van der Waals surface area contributed by atoms with Gasteiger partial charge in [-0.15, -0.1) is 0 Å². The maximum absolute atomic E-state index is 3.82. The molecule has 67 valence electrons. The van der Waals surface area contributed by atoms with Gasteiger partial charge in [-0.3, -0.25) is 0 Å². The van der Waals surface area contributed by atoms with Gasteiger partial charge in [0.2, 0.25) is 0 Å². The zero-order valence-electron chi connectivity index (χ0n) is 7.85. The van der Waals surface area contributed by atoms with E-state index >= 15 is 0 Å². The maximum atomic E-state index is 3.82. The minimum Gasteiger partial charge on any atom is -0.0936 e. The summed E-state index contributed by atoms with van der Waals surface area (Å²) >= 11 is 0. The van der Waals surface area contributed by atoms with Gasteiger partial charge in [-0.2, -0.15) is 0 Å². The van der Waals surface area contributed by atoms with Crippen LogP contribution in [0.2, 0.25) is 0 Å². The van der Waals surface area contributed by atoms with Crippen LogP contribution in [0.1, 0.15) is 40.0 Å². The fraction of sp³-hybridized carbons (Fsp3) is 0.889. The van der Waals surface area contributed by atoms with Gasteiger partial charge in [0.15, 0.2) is 0 Å². The summed E-state index contributed by atoms with van der Waals surface area (Å²) in [6.07, 6.45) is 3.68. The van der Waals surface area contributed by atoms with E-state index in [-0.39, 0.29) is 0 Å². The molecule has 0 bridgehead atoms. The van der Waals surface area contributed by atoms with Gasteiger partial charge in [-0.1, -0.05) is 62.1 Å². The second-order valence-corrected chi connectivity index (χ2v) is 6.82. The van der Waals surface area contributed by atoms with Crippen LogP contribution in [0.5, 0.6) is 0 Å². The third-order valence-corrected chi connectivity index (χ3v) is 4.46. The Hall–Kier alpha value is 0.700. The van der Waals surface area contributed by atoms with Crippen LogP contribution in [-0.2, 0) is 0 Å². The molecule has 0 aliphatic heterocycles. The van der Waals surface area contributed by atoms with Crippen molar-refractivity contribution in [3.8, 4) is 0 Å². The zero-order chi connectivity index (χ0) is 8.74. The molecule has 0 nitrogen and oxygen atoms in total. The molecule has 0 aromatic heterocycles. The van der Waals surface area contributed by atoms with Crippen molar-refractivity contribution in [1.29, 1.82) is 0 Å². The average Bonchev–Trinajstić information content (AvgIpc) is 1.85. The predicted octanol–water partition coefficient (Wildman–Crippen LogP) is 4.17. The highest BCUT2D eigenvalue weighted by atomic mass is 33.1. The standard InChI is InChI=1S/C9H19S2/c1-5-6-7-8-10-11-9(2,3)4/h1,5-8H2,2-4H3. The first-order chi connectivity index (χ1) is 5.06. The van der Waals surface area contributed by atoms with Crippen molar-refractivity contribution in [3.63, 3.8) is 0 Å². The predicted molar refractivity (Wildman–Crippen MR) is 59.0 cm³/mol. The van der Waals surface area contributed by atoms with Crippen LogP contribution >= 0.6 is 21.6 Å². The van der Waals surface area contributed by atoms with E-state index in [0.717, 1.165) is 6.42 Å². The lowest BCUT2D eigenvalue weighted by atomic mass is 10.3. The van der Waals surface area contributed by atoms with Gasteiger partial charge in [-0.25, -0.2) is 0 Å². The summed E-state index contributed by atoms with van der Waals surface area (Å²) in [5, 5.41) is 0. The molecule has 0 amide bonds.